The van der Waals surface area contributed by atoms with Crippen molar-refractivity contribution in [2.45, 2.75) is 18.8 Å². The van der Waals surface area contributed by atoms with Crippen molar-refractivity contribution in [1.29, 1.82) is 0 Å². The van der Waals surface area contributed by atoms with E-state index >= 15 is 0 Å². The zero-order chi connectivity index (χ0) is 13.8. The molecular weight excluding hydrogens is 268 g/mol. The minimum Gasteiger partial charge on any atom is -0.489 e. The van der Waals surface area contributed by atoms with Crippen LogP contribution in [0.15, 0.2) is 59.6 Å². The number of hydrogen-bond acceptors (Lipinski definition) is 1. The second kappa shape index (κ2) is 6.15. The van der Waals surface area contributed by atoms with Crippen LogP contribution in [0.5, 0.6) is 5.75 Å². The van der Waals surface area contributed by atoms with Crippen molar-refractivity contribution in [2.24, 2.45) is 0 Å². The maximum absolute atomic E-state index is 5.91. The standard InChI is InChI=1S/C18H16ClO/c19-12-15-11-16(10-14-6-2-1-3-7-14)17-8-4-5-9-18(17)20-13-15/h1-3,5-9,12,16H,10-11,13H2. The Morgan fingerprint density at radius 3 is 2.90 bits per heavy atom. The van der Waals surface area contributed by atoms with Crippen LogP contribution in [-0.4, -0.2) is 6.61 Å². The predicted octanol–water partition coefficient (Wildman–Crippen LogP) is 4.72. The molecule has 2 aromatic rings. The molecule has 20 heavy (non-hydrogen) atoms. The molecule has 0 fully saturated rings. The lowest BCUT2D eigenvalue weighted by Gasteiger charge is -2.16. The van der Waals surface area contributed by atoms with Gasteiger partial charge in [0.1, 0.15) is 12.4 Å². The first-order chi connectivity index (χ1) is 9.86. The number of fused-ring (bicyclic) bond motifs is 1. The van der Waals surface area contributed by atoms with Crippen molar-refractivity contribution in [3.8, 4) is 5.75 Å². The lowest BCUT2D eigenvalue weighted by atomic mass is 9.87. The van der Waals surface area contributed by atoms with E-state index in [2.05, 4.69) is 30.3 Å². The third-order valence-electron chi connectivity index (χ3n) is 3.69. The van der Waals surface area contributed by atoms with Crippen LogP contribution in [0.25, 0.3) is 0 Å². The highest BCUT2D eigenvalue weighted by Crippen LogP contribution is 2.36. The van der Waals surface area contributed by atoms with Crippen molar-refractivity contribution in [3.63, 3.8) is 0 Å². The van der Waals surface area contributed by atoms with Gasteiger partial charge in [-0.3, -0.25) is 0 Å². The molecule has 0 bridgehead atoms. The summed E-state index contributed by atoms with van der Waals surface area (Å²) < 4.78 is 5.85. The van der Waals surface area contributed by atoms with Crippen molar-refractivity contribution in [1.82, 2.24) is 0 Å². The summed E-state index contributed by atoms with van der Waals surface area (Å²) in [4.78, 5) is 0. The third kappa shape index (κ3) is 2.88. The number of rotatable bonds is 2. The van der Waals surface area contributed by atoms with Crippen LogP contribution in [0, 0.1) is 6.07 Å². The van der Waals surface area contributed by atoms with Gasteiger partial charge in [0, 0.05) is 5.54 Å². The number of halogens is 1. The second-order valence-corrected chi connectivity index (χ2v) is 5.33. The topological polar surface area (TPSA) is 9.23 Å². The van der Waals surface area contributed by atoms with Crippen LogP contribution >= 0.6 is 11.6 Å². The zero-order valence-corrected chi connectivity index (χ0v) is 11.9. The van der Waals surface area contributed by atoms with E-state index in [-0.39, 0.29) is 0 Å². The molecule has 2 aromatic carbocycles. The van der Waals surface area contributed by atoms with Gasteiger partial charge in [-0.1, -0.05) is 48.0 Å². The molecule has 0 saturated heterocycles. The molecule has 1 nitrogen and oxygen atoms in total. The molecule has 1 aliphatic heterocycles. The predicted molar refractivity (Wildman–Crippen MR) is 82.2 cm³/mol. The Balaban J connectivity index is 1.93. The first-order valence-corrected chi connectivity index (χ1v) is 7.25. The molecule has 2 heteroatoms. The quantitative estimate of drug-likeness (QED) is 0.775. The highest BCUT2D eigenvalue weighted by atomic mass is 35.5. The first-order valence-electron chi connectivity index (χ1n) is 6.81. The fourth-order valence-corrected chi connectivity index (χ4v) is 2.84. The monoisotopic (exact) mass is 283 g/mol. The molecule has 3 rings (SSSR count). The van der Waals surface area contributed by atoms with E-state index in [1.807, 2.05) is 24.3 Å². The van der Waals surface area contributed by atoms with Gasteiger partial charge in [-0.25, -0.2) is 0 Å². The van der Waals surface area contributed by atoms with Crippen molar-refractivity contribution >= 4 is 11.6 Å². The van der Waals surface area contributed by atoms with Gasteiger partial charge in [-0.15, -0.1) is 0 Å². The van der Waals surface area contributed by atoms with Gasteiger partial charge in [0.05, 0.1) is 0 Å². The third-order valence-corrected chi connectivity index (χ3v) is 4.00. The normalized spacial score (nSPS) is 20.1. The molecule has 1 aliphatic rings. The number of benzene rings is 2. The molecule has 0 saturated carbocycles. The summed E-state index contributed by atoms with van der Waals surface area (Å²) in [7, 11) is 0. The van der Waals surface area contributed by atoms with Gasteiger partial charge >= 0.3 is 0 Å². The molecule has 1 radical (unpaired) electrons. The highest BCUT2D eigenvalue weighted by molar-refractivity contribution is 6.25. The van der Waals surface area contributed by atoms with E-state index in [0.717, 1.165) is 24.2 Å². The maximum Gasteiger partial charge on any atom is 0.123 e. The minimum absolute atomic E-state index is 0.386. The first kappa shape index (κ1) is 13.3. The van der Waals surface area contributed by atoms with Crippen LogP contribution in [0.1, 0.15) is 23.5 Å². The summed E-state index contributed by atoms with van der Waals surface area (Å²) in [5.41, 5.74) is 5.37. The van der Waals surface area contributed by atoms with Crippen molar-refractivity contribution in [3.05, 3.63) is 76.8 Å². The molecule has 1 atom stereocenters. The average Bonchev–Trinajstić information content (AvgIpc) is 2.68. The van der Waals surface area contributed by atoms with Crippen LogP contribution in [0.3, 0.4) is 0 Å². The van der Waals surface area contributed by atoms with Gasteiger partial charge in [-0.2, -0.15) is 0 Å². The molecule has 101 valence electrons. The minimum atomic E-state index is 0.386. The van der Waals surface area contributed by atoms with Crippen molar-refractivity contribution in [2.75, 3.05) is 6.61 Å². The molecule has 0 amide bonds. The molecule has 0 aromatic heterocycles. The Hall–Kier alpha value is -1.73. The van der Waals surface area contributed by atoms with Gasteiger partial charge < -0.3 is 4.74 Å². The summed E-state index contributed by atoms with van der Waals surface area (Å²) in [6, 6.07) is 19.6. The number of hydrogen-bond donors (Lipinski definition) is 0. The summed E-state index contributed by atoms with van der Waals surface area (Å²) in [6.45, 7) is 0.575. The Kier molecular flexibility index (Phi) is 4.08. The highest BCUT2D eigenvalue weighted by Gasteiger charge is 2.22. The SMILES string of the molecule is ClC=C1COc2cc[c]cc2C(Cc2ccccc2)C1. The molecule has 0 aliphatic carbocycles. The fraction of sp³-hybridized carbons (Fsp3) is 0.222. The van der Waals surface area contributed by atoms with Crippen LogP contribution < -0.4 is 4.74 Å². The lowest BCUT2D eigenvalue weighted by molar-refractivity contribution is 0.353. The van der Waals surface area contributed by atoms with Crippen LogP contribution in [0.2, 0.25) is 0 Å². The Morgan fingerprint density at radius 2 is 2.10 bits per heavy atom. The smallest absolute Gasteiger partial charge is 0.123 e. The Labute approximate surface area is 124 Å². The summed E-state index contributed by atoms with van der Waals surface area (Å²) in [5.74, 6) is 1.34. The fourth-order valence-electron chi connectivity index (χ4n) is 2.69. The van der Waals surface area contributed by atoms with E-state index in [4.69, 9.17) is 16.3 Å². The summed E-state index contributed by atoms with van der Waals surface area (Å²) >= 11 is 5.91. The molecule has 1 heterocycles. The van der Waals surface area contributed by atoms with Gasteiger partial charge in [0.2, 0.25) is 0 Å². The van der Waals surface area contributed by atoms with Gasteiger partial charge in [0.15, 0.2) is 0 Å². The van der Waals surface area contributed by atoms with E-state index in [9.17, 15) is 0 Å². The largest absolute Gasteiger partial charge is 0.489 e. The van der Waals surface area contributed by atoms with E-state index in [0.29, 0.717) is 12.5 Å². The van der Waals surface area contributed by atoms with Gasteiger partial charge in [-0.05, 0) is 53.7 Å². The summed E-state index contributed by atoms with van der Waals surface area (Å²) in [5, 5.41) is 0. The second-order valence-electron chi connectivity index (χ2n) is 5.11. The lowest BCUT2D eigenvalue weighted by Crippen LogP contribution is -2.03. The van der Waals surface area contributed by atoms with Crippen molar-refractivity contribution < 1.29 is 4.74 Å². The molecular formula is C18H16ClO. The van der Waals surface area contributed by atoms with Crippen LogP contribution in [-0.2, 0) is 6.42 Å². The molecule has 0 N–H and O–H groups in total. The van der Waals surface area contributed by atoms with E-state index < -0.39 is 0 Å². The average molecular weight is 284 g/mol. The van der Waals surface area contributed by atoms with E-state index in [1.54, 1.807) is 5.54 Å². The molecule has 1 unspecified atom stereocenters. The van der Waals surface area contributed by atoms with Gasteiger partial charge in [0.25, 0.3) is 0 Å². The maximum atomic E-state index is 5.91. The Bertz CT molecular complexity index is 604. The van der Waals surface area contributed by atoms with E-state index in [1.165, 1.54) is 11.1 Å². The molecule has 0 spiro atoms. The Morgan fingerprint density at radius 1 is 1.25 bits per heavy atom. The summed E-state index contributed by atoms with van der Waals surface area (Å²) in [6.07, 6.45) is 1.92. The number of ether oxygens (including phenoxy) is 1. The van der Waals surface area contributed by atoms with Crippen LogP contribution in [0.4, 0.5) is 0 Å². The zero-order valence-electron chi connectivity index (χ0n) is 11.2.